The molecule has 2 rings (SSSR count). The first-order valence-corrected chi connectivity index (χ1v) is 7.02. The summed E-state index contributed by atoms with van der Waals surface area (Å²) in [6.07, 6.45) is 0. The van der Waals surface area contributed by atoms with Crippen LogP contribution in [0.2, 0.25) is 0 Å². The van der Waals surface area contributed by atoms with Crippen molar-refractivity contribution in [3.8, 4) is 5.75 Å². The average molecular weight is 304 g/mol. The van der Waals surface area contributed by atoms with Crippen LogP contribution in [0.25, 0.3) is 0 Å². The Bertz CT molecular complexity index is 673. The molecule has 0 atom stereocenters. The highest BCUT2D eigenvalue weighted by molar-refractivity contribution is 7.80. The third kappa shape index (κ3) is 3.70. The molecule has 0 aromatic heterocycles. The van der Waals surface area contributed by atoms with Crippen molar-refractivity contribution in [2.45, 2.75) is 13.8 Å². The predicted molar refractivity (Wildman–Crippen MR) is 87.9 cm³/mol. The van der Waals surface area contributed by atoms with E-state index < -0.39 is 5.82 Å². The van der Waals surface area contributed by atoms with Gasteiger partial charge in [-0.1, -0.05) is 12.2 Å². The van der Waals surface area contributed by atoms with Crippen LogP contribution in [0.1, 0.15) is 18.1 Å². The van der Waals surface area contributed by atoms with Crippen molar-refractivity contribution in [3.63, 3.8) is 0 Å². The summed E-state index contributed by atoms with van der Waals surface area (Å²) in [5.74, 6) is -0.138. The number of aryl methyl sites for hydroxylation is 1. The average Bonchev–Trinajstić information content (AvgIpc) is 2.41. The van der Waals surface area contributed by atoms with E-state index in [4.69, 9.17) is 22.7 Å². The molecular weight excluding hydrogens is 287 g/mol. The zero-order chi connectivity index (χ0) is 15.4. The smallest absolute Gasteiger partial charge is 0.167 e. The van der Waals surface area contributed by atoms with Gasteiger partial charge in [0.05, 0.1) is 6.61 Å². The van der Waals surface area contributed by atoms with Gasteiger partial charge in [0, 0.05) is 23.0 Å². The van der Waals surface area contributed by atoms with Crippen molar-refractivity contribution in [1.29, 1.82) is 0 Å². The zero-order valence-electron chi connectivity index (χ0n) is 11.9. The molecule has 0 unspecified atom stereocenters. The lowest BCUT2D eigenvalue weighted by atomic mass is 10.1. The molecule has 0 aliphatic rings. The predicted octanol–water partition coefficient (Wildman–Crippen LogP) is 3.91. The Morgan fingerprint density at radius 3 is 2.48 bits per heavy atom. The van der Waals surface area contributed by atoms with Crippen LogP contribution in [0.3, 0.4) is 0 Å². The summed E-state index contributed by atoms with van der Waals surface area (Å²) >= 11 is 4.97. The second-order valence-electron chi connectivity index (χ2n) is 4.60. The third-order valence-electron chi connectivity index (χ3n) is 3.01. The summed E-state index contributed by atoms with van der Waals surface area (Å²) in [6, 6.07) is 10.4. The number of nitrogens with two attached hydrogens (primary N) is 1. The van der Waals surface area contributed by atoms with Crippen LogP contribution < -0.4 is 15.8 Å². The molecule has 3 N–H and O–H groups in total. The summed E-state index contributed by atoms with van der Waals surface area (Å²) in [5, 5.41) is 3.14. The molecule has 5 heteroatoms. The van der Waals surface area contributed by atoms with Gasteiger partial charge in [0.25, 0.3) is 0 Å². The number of benzene rings is 2. The maximum Gasteiger partial charge on any atom is 0.167 e. The first-order valence-electron chi connectivity index (χ1n) is 6.61. The van der Waals surface area contributed by atoms with Crippen molar-refractivity contribution in [3.05, 3.63) is 53.3 Å². The quantitative estimate of drug-likeness (QED) is 0.822. The number of anilines is 2. The summed E-state index contributed by atoms with van der Waals surface area (Å²) in [7, 11) is 0. The summed E-state index contributed by atoms with van der Waals surface area (Å²) < 4.78 is 19.0. The number of rotatable bonds is 5. The van der Waals surface area contributed by atoms with Gasteiger partial charge in [-0.05, 0) is 49.7 Å². The fourth-order valence-corrected chi connectivity index (χ4v) is 2.26. The summed E-state index contributed by atoms with van der Waals surface area (Å²) in [5.41, 5.74) is 8.94. The zero-order valence-corrected chi connectivity index (χ0v) is 12.8. The van der Waals surface area contributed by atoms with E-state index in [0.29, 0.717) is 17.3 Å². The van der Waals surface area contributed by atoms with Gasteiger partial charge in [0.15, 0.2) is 11.6 Å². The number of nitrogens with one attached hydrogen (secondary N) is 1. The van der Waals surface area contributed by atoms with E-state index in [2.05, 4.69) is 5.32 Å². The van der Waals surface area contributed by atoms with E-state index in [0.717, 1.165) is 16.8 Å². The Morgan fingerprint density at radius 2 is 1.90 bits per heavy atom. The van der Waals surface area contributed by atoms with Gasteiger partial charge in [0.1, 0.15) is 4.99 Å². The number of thiocarbonyl (C=S) groups is 1. The van der Waals surface area contributed by atoms with Gasteiger partial charge in [-0.3, -0.25) is 0 Å². The van der Waals surface area contributed by atoms with Gasteiger partial charge >= 0.3 is 0 Å². The highest BCUT2D eigenvalue weighted by Gasteiger charge is 2.06. The Labute approximate surface area is 128 Å². The minimum atomic E-state index is -0.390. The van der Waals surface area contributed by atoms with Crippen LogP contribution in [0.4, 0.5) is 15.8 Å². The second kappa shape index (κ2) is 6.54. The number of ether oxygens (including phenoxy) is 1. The molecule has 110 valence electrons. The fourth-order valence-electron chi connectivity index (χ4n) is 2.04. The molecule has 0 aliphatic carbocycles. The highest BCUT2D eigenvalue weighted by atomic mass is 32.1. The van der Waals surface area contributed by atoms with Crippen molar-refractivity contribution >= 4 is 28.6 Å². The third-order valence-corrected chi connectivity index (χ3v) is 3.23. The van der Waals surface area contributed by atoms with E-state index in [1.807, 2.05) is 32.0 Å². The molecule has 0 bridgehead atoms. The standard InChI is InChI=1S/C16H17FN2OS/c1-3-20-15-7-5-12(9-14(15)17)19-11-4-6-13(16(18)21)10(2)8-11/h4-9,19H,3H2,1-2H3,(H2,18,21). The van der Waals surface area contributed by atoms with Gasteiger partial charge in [-0.25, -0.2) is 4.39 Å². The SMILES string of the molecule is CCOc1ccc(Nc2ccc(C(N)=S)c(C)c2)cc1F. The highest BCUT2D eigenvalue weighted by Crippen LogP contribution is 2.25. The molecule has 2 aromatic rings. The topological polar surface area (TPSA) is 47.3 Å². The Hall–Kier alpha value is -2.14. The van der Waals surface area contributed by atoms with Gasteiger partial charge in [0.2, 0.25) is 0 Å². The molecule has 0 radical (unpaired) electrons. The van der Waals surface area contributed by atoms with E-state index in [1.54, 1.807) is 12.1 Å². The van der Waals surface area contributed by atoms with Crippen molar-refractivity contribution in [1.82, 2.24) is 0 Å². The van der Waals surface area contributed by atoms with Crippen molar-refractivity contribution in [2.75, 3.05) is 11.9 Å². The van der Waals surface area contributed by atoms with Crippen LogP contribution in [0.5, 0.6) is 5.75 Å². The molecule has 0 spiro atoms. The molecule has 0 fully saturated rings. The normalized spacial score (nSPS) is 10.2. The van der Waals surface area contributed by atoms with Crippen LogP contribution in [-0.4, -0.2) is 11.6 Å². The molecule has 0 saturated heterocycles. The van der Waals surface area contributed by atoms with Crippen LogP contribution >= 0.6 is 12.2 Å². The largest absolute Gasteiger partial charge is 0.491 e. The minimum absolute atomic E-state index is 0.253. The van der Waals surface area contributed by atoms with Gasteiger partial charge in [-0.15, -0.1) is 0 Å². The van der Waals surface area contributed by atoms with Gasteiger partial charge in [-0.2, -0.15) is 0 Å². The molecule has 3 nitrogen and oxygen atoms in total. The first-order chi connectivity index (χ1) is 10.0. The molecule has 21 heavy (non-hydrogen) atoms. The van der Waals surface area contributed by atoms with Crippen LogP contribution in [0.15, 0.2) is 36.4 Å². The minimum Gasteiger partial charge on any atom is -0.491 e. The number of halogens is 1. The molecule has 0 heterocycles. The molecule has 0 aliphatic heterocycles. The lowest BCUT2D eigenvalue weighted by molar-refractivity contribution is 0.321. The lowest BCUT2D eigenvalue weighted by Crippen LogP contribution is -2.11. The maximum atomic E-state index is 13.8. The van der Waals surface area contributed by atoms with Crippen molar-refractivity contribution in [2.24, 2.45) is 5.73 Å². The Morgan fingerprint density at radius 1 is 1.24 bits per heavy atom. The Kier molecular flexibility index (Phi) is 4.75. The molecule has 0 saturated carbocycles. The molecule has 2 aromatic carbocycles. The van der Waals surface area contributed by atoms with E-state index in [1.165, 1.54) is 6.07 Å². The monoisotopic (exact) mass is 304 g/mol. The maximum absolute atomic E-state index is 13.8. The summed E-state index contributed by atoms with van der Waals surface area (Å²) in [4.78, 5) is 0.367. The summed E-state index contributed by atoms with van der Waals surface area (Å²) in [6.45, 7) is 4.18. The second-order valence-corrected chi connectivity index (χ2v) is 5.04. The Balaban J connectivity index is 2.20. The first kappa shape index (κ1) is 15.3. The van der Waals surface area contributed by atoms with Crippen molar-refractivity contribution < 1.29 is 9.13 Å². The fraction of sp³-hybridized carbons (Fsp3) is 0.188. The molecular formula is C16H17FN2OS. The number of hydrogen-bond donors (Lipinski definition) is 2. The van der Waals surface area contributed by atoms with E-state index >= 15 is 0 Å². The lowest BCUT2D eigenvalue weighted by Gasteiger charge is -2.11. The van der Waals surface area contributed by atoms with Crippen LogP contribution in [-0.2, 0) is 0 Å². The van der Waals surface area contributed by atoms with Crippen LogP contribution in [0, 0.1) is 12.7 Å². The van der Waals surface area contributed by atoms with E-state index in [-0.39, 0.29) is 5.75 Å². The molecule has 0 amide bonds. The number of hydrogen-bond acceptors (Lipinski definition) is 3. The van der Waals surface area contributed by atoms with E-state index in [9.17, 15) is 4.39 Å². The van der Waals surface area contributed by atoms with Gasteiger partial charge < -0.3 is 15.8 Å².